The number of hydrogen-bond donors (Lipinski definition) is 0. The highest BCUT2D eigenvalue weighted by molar-refractivity contribution is 6.10. The second kappa shape index (κ2) is 12.3. The second-order valence-corrected chi connectivity index (χ2v) is 12.9. The van der Waals surface area contributed by atoms with Crippen LogP contribution in [0, 0.1) is 0 Å². The van der Waals surface area contributed by atoms with E-state index in [1.807, 2.05) is 48.5 Å². The van der Waals surface area contributed by atoms with Crippen molar-refractivity contribution in [3.63, 3.8) is 0 Å². The van der Waals surface area contributed by atoms with Crippen LogP contribution in [0.3, 0.4) is 0 Å². The number of nitrogens with zero attached hydrogens (tertiary/aromatic N) is 4. The van der Waals surface area contributed by atoms with Crippen molar-refractivity contribution < 1.29 is 4.42 Å². The van der Waals surface area contributed by atoms with Gasteiger partial charge < -0.3 is 4.42 Å². The molecule has 7 aromatic carbocycles. The number of hydrogen-bond acceptors (Lipinski definition) is 4. The maximum atomic E-state index is 6.29. The Kier molecular flexibility index (Phi) is 7.07. The molecule has 0 atom stereocenters. The highest BCUT2D eigenvalue weighted by atomic mass is 16.3. The first kappa shape index (κ1) is 29.8. The third kappa shape index (κ3) is 5.15. The van der Waals surface area contributed by atoms with E-state index >= 15 is 0 Å². The fourth-order valence-electron chi connectivity index (χ4n) is 7.17. The van der Waals surface area contributed by atoms with Gasteiger partial charge >= 0.3 is 0 Å². The molecule has 0 aliphatic heterocycles. The van der Waals surface area contributed by atoms with Gasteiger partial charge in [0, 0.05) is 27.8 Å². The summed E-state index contributed by atoms with van der Waals surface area (Å²) in [6.07, 6.45) is 0. The number of rotatable bonds is 6. The van der Waals surface area contributed by atoms with Crippen LogP contribution in [0.25, 0.3) is 95.1 Å². The summed E-state index contributed by atoms with van der Waals surface area (Å²) in [7, 11) is 0. The van der Waals surface area contributed by atoms with Gasteiger partial charge in [0.15, 0.2) is 5.82 Å². The van der Waals surface area contributed by atoms with Gasteiger partial charge in [0.25, 0.3) is 0 Å². The molecule has 5 nitrogen and oxygen atoms in total. The summed E-state index contributed by atoms with van der Waals surface area (Å²) in [6, 6.07) is 62.8. The minimum Gasteiger partial charge on any atom is -0.438 e. The second-order valence-electron chi connectivity index (χ2n) is 12.9. The molecule has 0 saturated heterocycles. The maximum Gasteiger partial charge on any atom is 0.231 e. The van der Waals surface area contributed by atoms with E-state index in [2.05, 4.69) is 138 Å². The van der Waals surface area contributed by atoms with Gasteiger partial charge in [-0.25, -0.2) is 9.97 Å². The Morgan fingerprint density at radius 3 is 1.73 bits per heavy atom. The molecule has 0 radical (unpaired) electrons. The summed E-state index contributed by atoms with van der Waals surface area (Å²) in [4.78, 5) is 15.2. The van der Waals surface area contributed by atoms with Gasteiger partial charge in [-0.1, -0.05) is 133 Å². The first-order valence-electron chi connectivity index (χ1n) is 17.4. The molecule has 0 amide bonds. The molecule has 10 aromatic rings. The van der Waals surface area contributed by atoms with E-state index in [1.165, 1.54) is 0 Å². The largest absolute Gasteiger partial charge is 0.438 e. The Hall–Kier alpha value is -7.11. The van der Waals surface area contributed by atoms with Gasteiger partial charge in [-0.05, 0) is 70.8 Å². The highest BCUT2D eigenvalue weighted by Crippen LogP contribution is 2.37. The Bertz CT molecular complexity index is 2910. The van der Waals surface area contributed by atoms with Gasteiger partial charge in [0.2, 0.25) is 5.71 Å². The number of aromatic nitrogens is 4. The van der Waals surface area contributed by atoms with Crippen LogP contribution >= 0.6 is 0 Å². The van der Waals surface area contributed by atoms with Gasteiger partial charge in [0.05, 0.1) is 22.1 Å². The maximum absolute atomic E-state index is 6.29. The van der Waals surface area contributed by atoms with Gasteiger partial charge in [0.1, 0.15) is 11.4 Å². The predicted octanol–water partition coefficient (Wildman–Crippen LogP) is 12.0. The van der Waals surface area contributed by atoms with Crippen molar-refractivity contribution in [3.8, 4) is 62.0 Å². The van der Waals surface area contributed by atoms with E-state index in [-0.39, 0.29) is 0 Å². The van der Waals surface area contributed by atoms with Crippen molar-refractivity contribution in [2.45, 2.75) is 0 Å². The van der Waals surface area contributed by atoms with Crippen LogP contribution in [0.2, 0.25) is 0 Å². The van der Waals surface area contributed by atoms with E-state index in [0.29, 0.717) is 11.5 Å². The van der Waals surface area contributed by atoms with E-state index in [1.54, 1.807) is 0 Å². The van der Waals surface area contributed by atoms with E-state index in [0.717, 1.165) is 83.5 Å². The lowest BCUT2D eigenvalue weighted by atomic mass is 9.97. The van der Waals surface area contributed by atoms with Gasteiger partial charge in [-0.2, -0.15) is 4.98 Å². The molecule has 0 saturated carbocycles. The van der Waals surface area contributed by atoms with Crippen molar-refractivity contribution in [3.05, 3.63) is 182 Å². The van der Waals surface area contributed by atoms with Crippen LogP contribution in [0.1, 0.15) is 0 Å². The molecule has 3 aromatic heterocycles. The first-order chi connectivity index (χ1) is 25.8. The lowest BCUT2D eigenvalue weighted by molar-refractivity contribution is 0.653. The minimum absolute atomic E-state index is 0.582. The molecule has 5 heteroatoms. The Balaban J connectivity index is 1.05. The van der Waals surface area contributed by atoms with Crippen molar-refractivity contribution in [2.24, 2.45) is 0 Å². The van der Waals surface area contributed by atoms with Gasteiger partial charge in [-0.3, -0.25) is 4.57 Å². The average Bonchev–Trinajstić information content (AvgIpc) is 3.80. The topological polar surface area (TPSA) is 56.7 Å². The third-order valence-electron chi connectivity index (χ3n) is 9.63. The number of fused-ring (bicyclic) bond motifs is 4. The summed E-state index contributed by atoms with van der Waals surface area (Å²) in [5, 5.41) is 1.94. The normalized spacial score (nSPS) is 11.5. The Labute approximate surface area is 300 Å². The number of furan rings is 1. The number of imidazole rings is 1. The Morgan fingerprint density at radius 2 is 0.981 bits per heavy atom. The molecule has 0 fully saturated rings. The fourth-order valence-corrected chi connectivity index (χ4v) is 7.17. The summed E-state index contributed by atoms with van der Waals surface area (Å²) in [5.74, 6) is 1.53. The monoisotopic (exact) mass is 666 g/mol. The zero-order valence-electron chi connectivity index (χ0n) is 28.0. The first-order valence-corrected chi connectivity index (χ1v) is 17.4. The molecule has 0 aliphatic carbocycles. The van der Waals surface area contributed by atoms with Crippen molar-refractivity contribution in [1.82, 2.24) is 19.5 Å². The molecule has 3 heterocycles. The van der Waals surface area contributed by atoms with Crippen LogP contribution in [-0.4, -0.2) is 19.5 Å². The summed E-state index contributed by atoms with van der Waals surface area (Å²) >= 11 is 0. The number of benzene rings is 7. The van der Waals surface area contributed by atoms with Crippen LogP contribution in [0.15, 0.2) is 186 Å². The lowest BCUT2D eigenvalue weighted by Crippen LogP contribution is -1.97. The van der Waals surface area contributed by atoms with Crippen molar-refractivity contribution in [2.75, 3.05) is 0 Å². The number of para-hydroxylation sites is 4. The van der Waals surface area contributed by atoms with Crippen LogP contribution < -0.4 is 0 Å². The minimum atomic E-state index is 0.582. The van der Waals surface area contributed by atoms with Crippen molar-refractivity contribution in [1.29, 1.82) is 0 Å². The Morgan fingerprint density at radius 1 is 0.423 bits per heavy atom. The standard InChI is InChI=1S/C47H30N4O/c1-3-14-31(15-4-1)44-43-39-24-7-10-27-42(39)52-47(43)50-45(49-44)36-20-12-18-34(29-36)32-16-11-17-33(28-32)35-19-13-21-37(30-35)46-48-40-25-8-9-26-41(40)51(46)38-22-5-2-6-23-38/h1-30H. The molecular formula is C47H30N4O. The molecular weight excluding hydrogens is 637 g/mol. The molecule has 0 aliphatic rings. The summed E-state index contributed by atoms with van der Waals surface area (Å²) in [5.41, 5.74) is 12.8. The quantitative estimate of drug-likeness (QED) is 0.177. The van der Waals surface area contributed by atoms with E-state index in [4.69, 9.17) is 19.4 Å². The van der Waals surface area contributed by atoms with E-state index < -0.39 is 0 Å². The zero-order chi connectivity index (χ0) is 34.4. The summed E-state index contributed by atoms with van der Waals surface area (Å²) in [6.45, 7) is 0. The SMILES string of the molecule is c1ccc(-c2nc(-c3cccc(-c4cccc(-c5cccc(-c6nc7ccccc7n6-c6ccccc6)c5)c4)c3)nc3oc4ccccc4c23)cc1. The van der Waals surface area contributed by atoms with Crippen molar-refractivity contribution >= 4 is 33.1 Å². The molecule has 0 spiro atoms. The molecule has 0 unspecified atom stereocenters. The predicted molar refractivity (Wildman–Crippen MR) is 211 cm³/mol. The van der Waals surface area contributed by atoms with Crippen LogP contribution in [0.4, 0.5) is 0 Å². The molecule has 0 bridgehead atoms. The molecule has 0 N–H and O–H groups in total. The van der Waals surface area contributed by atoms with E-state index in [9.17, 15) is 0 Å². The van der Waals surface area contributed by atoms with Crippen LogP contribution in [-0.2, 0) is 0 Å². The van der Waals surface area contributed by atoms with Crippen LogP contribution in [0.5, 0.6) is 0 Å². The van der Waals surface area contributed by atoms with Gasteiger partial charge in [-0.15, -0.1) is 0 Å². The molecule has 52 heavy (non-hydrogen) atoms. The molecule has 10 rings (SSSR count). The summed E-state index contributed by atoms with van der Waals surface area (Å²) < 4.78 is 8.53. The highest BCUT2D eigenvalue weighted by Gasteiger charge is 2.19. The molecule has 244 valence electrons. The fraction of sp³-hybridized carbons (Fsp3) is 0. The smallest absolute Gasteiger partial charge is 0.231 e. The lowest BCUT2D eigenvalue weighted by Gasteiger charge is -2.12. The average molecular weight is 667 g/mol. The third-order valence-corrected chi connectivity index (χ3v) is 9.63. The zero-order valence-corrected chi connectivity index (χ0v) is 28.0.